The van der Waals surface area contributed by atoms with Crippen molar-refractivity contribution in [3.8, 4) is 0 Å². The Hall–Kier alpha value is 0.619. The van der Waals surface area contributed by atoms with Crippen LogP contribution in [0.1, 0.15) is 0 Å². The van der Waals surface area contributed by atoms with E-state index in [0.29, 0.717) is 0 Å². The Morgan fingerprint density at radius 3 is 1.14 bits per heavy atom. The summed E-state index contributed by atoms with van der Waals surface area (Å²) in [5.74, 6) is 0. The van der Waals surface area contributed by atoms with Crippen LogP contribution in [-0.2, 0) is 10.4 Å². The molecule has 4 nitrogen and oxygen atoms in total. The highest BCUT2D eigenvalue weighted by atomic mass is 32.3. The van der Waals surface area contributed by atoms with Crippen molar-refractivity contribution < 1.29 is 17.5 Å². The van der Waals surface area contributed by atoms with Crippen LogP contribution in [-0.4, -0.2) is 45.8 Å². The summed E-state index contributed by atoms with van der Waals surface area (Å²) in [4.78, 5) is 0. The molecule has 0 aromatic heterocycles. The Labute approximate surface area is 56.7 Å². The lowest BCUT2D eigenvalue weighted by Gasteiger charge is -1.68. The minimum Gasteiger partial charge on any atom is -0.264 e. The first-order chi connectivity index (χ1) is 2.00. The minimum absolute atomic E-state index is 0. The van der Waals surface area contributed by atoms with E-state index in [1.54, 1.807) is 0 Å². The van der Waals surface area contributed by atoms with Gasteiger partial charge in [0.05, 0.1) is 0 Å². The molecule has 0 heterocycles. The summed E-state index contributed by atoms with van der Waals surface area (Å²) >= 11 is 0. The standard InChI is InChI=1S/Al.H2O4S.H3Si.2H/c;1-5(2,3)4;;;/h;(H2,1,2,3,4);1H3;;. The molecule has 0 spiro atoms. The van der Waals surface area contributed by atoms with E-state index in [-0.39, 0.29) is 28.3 Å². The maximum atomic E-state index is 8.74. The van der Waals surface area contributed by atoms with Gasteiger partial charge < -0.3 is 0 Å². The molecule has 0 rings (SSSR count). The van der Waals surface area contributed by atoms with Gasteiger partial charge in [0.25, 0.3) is 0 Å². The summed E-state index contributed by atoms with van der Waals surface area (Å²) in [7, 11) is -4.67. The van der Waals surface area contributed by atoms with Crippen molar-refractivity contribution in [2.75, 3.05) is 0 Å². The summed E-state index contributed by atoms with van der Waals surface area (Å²) in [6, 6.07) is 0. The van der Waals surface area contributed by atoms with Crippen LogP contribution >= 0.6 is 0 Å². The highest BCUT2D eigenvalue weighted by Gasteiger charge is 1.84. The van der Waals surface area contributed by atoms with E-state index in [2.05, 4.69) is 0 Å². The van der Waals surface area contributed by atoms with Crippen LogP contribution in [0.25, 0.3) is 0 Å². The van der Waals surface area contributed by atoms with Gasteiger partial charge in [-0.05, 0) is 11.0 Å². The van der Waals surface area contributed by atoms with E-state index in [4.69, 9.17) is 17.5 Å². The Morgan fingerprint density at radius 1 is 1.14 bits per heavy atom. The fourth-order valence-corrected chi connectivity index (χ4v) is 0. The fourth-order valence-electron chi connectivity index (χ4n) is 0. The largest absolute Gasteiger partial charge is 0.394 e. The van der Waals surface area contributed by atoms with Crippen molar-refractivity contribution in [1.82, 2.24) is 0 Å². The fraction of sp³-hybridized carbons (Fsp3) is 0. The molecule has 0 unspecified atom stereocenters. The van der Waals surface area contributed by atoms with E-state index >= 15 is 0 Å². The lowest BCUT2D eigenvalue weighted by atomic mass is 15.8. The summed E-state index contributed by atoms with van der Waals surface area (Å²) in [5, 5.41) is 0. The molecular weight excluding hydrogens is 151 g/mol. The van der Waals surface area contributed by atoms with Crippen molar-refractivity contribution in [1.29, 1.82) is 0 Å². The van der Waals surface area contributed by atoms with Crippen molar-refractivity contribution in [2.24, 2.45) is 0 Å². The maximum absolute atomic E-state index is 8.74. The average molecular weight is 158 g/mol. The van der Waals surface area contributed by atoms with Gasteiger partial charge in [-0.15, -0.1) is 0 Å². The first-order valence-electron chi connectivity index (χ1n) is 0.698. The Kier molecular flexibility index (Phi) is 10.7. The van der Waals surface area contributed by atoms with Crippen LogP contribution in [0.4, 0.5) is 0 Å². The first kappa shape index (κ1) is 15.6. The highest BCUT2D eigenvalue weighted by molar-refractivity contribution is 7.79. The van der Waals surface area contributed by atoms with Gasteiger partial charge in [-0.2, -0.15) is 8.42 Å². The highest BCUT2D eigenvalue weighted by Crippen LogP contribution is 1.59. The number of hydrogen-bond donors (Lipinski definition) is 2. The molecule has 0 fully saturated rings. The molecule has 0 atom stereocenters. The summed E-state index contributed by atoms with van der Waals surface area (Å²) in [6.07, 6.45) is 0. The molecular formula is H7AlO4SSi. The quantitative estimate of drug-likeness (QED) is 0.296. The molecule has 0 aliphatic heterocycles. The van der Waals surface area contributed by atoms with E-state index in [1.807, 2.05) is 0 Å². The van der Waals surface area contributed by atoms with E-state index < -0.39 is 10.4 Å². The van der Waals surface area contributed by atoms with Gasteiger partial charge in [0.2, 0.25) is 0 Å². The third kappa shape index (κ3) is 368. The van der Waals surface area contributed by atoms with Crippen molar-refractivity contribution >= 4 is 38.7 Å². The molecule has 0 saturated heterocycles. The molecule has 0 aliphatic rings. The SMILES string of the molecule is O=S(=O)(O)O.[AlH2].[SiH3]. The van der Waals surface area contributed by atoms with Gasteiger partial charge in [0.15, 0.2) is 0 Å². The smallest absolute Gasteiger partial charge is 0.264 e. The van der Waals surface area contributed by atoms with E-state index in [9.17, 15) is 0 Å². The predicted octanol–water partition coefficient (Wildman–Crippen LogP) is -2.75. The van der Waals surface area contributed by atoms with Crippen molar-refractivity contribution in [3.63, 3.8) is 0 Å². The van der Waals surface area contributed by atoms with Crippen LogP contribution in [0.15, 0.2) is 0 Å². The maximum Gasteiger partial charge on any atom is 0.394 e. The van der Waals surface area contributed by atoms with Crippen molar-refractivity contribution in [2.45, 2.75) is 0 Å². The second kappa shape index (κ2) is 4.77. The van der Waals surface area contributed by atoms with Gasteiger partial charge in [0, 0.05) is 0 Å². The van der Waals surface area contributed by atoms with Gasteiger partial charge in [-0.25, -0.2) is 0 Å². The lowest BCUT2D eigenvalue weighted by Crippen LogP contribution is -1.89. The summed E-state index contributed by atoms with van der Waals surface area (Å²) < 4.78 is 31.6. The average Bonchev–Trinajstić information content (AvgIpc) is 0.722. The first-order valence-corrected chi connectivity index (χ1v) is 2.10. The molecule has 0 bridgehead atoms. The predicted molar refractivity (Wildman–Crippen MR) is 32.7 cm³/mol. The topological polar surface area (TPSA) is 74.6 Å². The lowest BCUT2D eigenvalue weighted by molar-refractivity contribution is 0.381. The number of hydrogen-bond acceptors (Lipinski definition) is 2. The third-order valence-electron chi connectivity index (χ3n) is 0. The Balaban J connectivity index is -0.0000000800. The molecule has 2 radical (unpaired) electrons. The van der Waals surface area contributed by atoms with Crippen molar-refractivity contribution in [3.05, 3.63) is 0 Å². The normalized spacial score (nSPS) is 8.29. The molecule has 7 heteroatoms. The van der Waals surface area contributed by atoms with Gasteiger partial charge in [-0.1, -0.05) is 0 Å². The zero-order chi connectivity index (χ0) is 4.50. The van der Waals surface area contributed by atoms with Crippen LogP contribution in [0.2, 0.25) is 0 Å². The molecule has 0 aromatic rings. The monoisotopic (exact) mass is 158 g/mol. The summed E-state index contributed by atoms with van der Waals surface area (Å²) in [6.45, 7) is 0. The molecule has 0 saturated carbocycles. The van der Waals surface area contributed by atoms with Gasteiger partial charge >= 0.3 is 10.4 Å². The zero-order valence-corrected chi connectivity index (χ0v) is 8.94. The molecule has 2 N–H and O–H groups in total. The zero-order valence-electron chi connectivity index (χ0n) is 4.12. The van der Waals surface area contributed by atoms with Crippen LogP contribution in [0.3, 0.4) is 0 Å². The van der Waals surface area contributed by atoms with E-state index in [1.165, 1.54) is 0 Å². The van der Waals surface area contributed by atoms with Gasteiger partial charge in [-0.3, -0.25) is 9.11 Å². The molecule has 7 heavy (non-hydrogen) atoms. The molecule has 44 valence electrons. The second-order valence-corrected chi connectivity index (χ2v) is 1.34. The van der Waals surface area contributed by atoms with Crippen LogP contribution in [0.5, 0.6) is 0 Å². The number of rotatable bonds is 0. The Morgan fingerprint density at radius 2 is 1.14 bits per heavy atom. The van der Waals surface area contributed by atoms with Crippen LogP contribution in [0, 0.1) is 0 Å². The van der Waals surface area contributed by atoms with Gasteiger partial charge in [0.1, 0.15) is 17.4 Å². The summed E-state index contributed by atoms with van der Waals surface area (Å²) in [5.41, 5.74) is 0. The molecule has 0 aliphatic carbocycles. The molecule has 0 aromatic carbocycles. The Bertz CT molecular complexity index is 94.9. The third-order valence-corrected chi connectivity index (χ3v) is 0. The van der Waals surface area contributed by atoms with E-state index in [0.717, 1.165) is 0 Å². The van der Waals surface area contributed by atoms with Crippen LogP contribution < -0.4 is 0 Å². The second-order valence-electron chi connectivity index (χ2n) is 0.448. The minimum atomic E-state index is -4.67. The molecule has 0 amide bonds.